The first-order valence-electron chi connectivity index (χ1n) is 5.57. The zero-order valence-corrected chi connectivity index (χ0v) is 9.02. The second-order valence-electron chi connectivity index (χ2n) is 4.06. The van der Waals surface area contributed by atoms with Gasteiger partial charge in [0.2, 0.25) is 0 Å². The summed E-state index contributed by atoms with van der Waals surface area (Å²) in [5, 5.41) is 0. The van der Waals surface area contributed by atoms with E-state index in [0.717, 1.165) is 6.42 Å². The Kier molecular flexibility index (Phi) is 3.00. The minimum atomic E-state index is 0.0844. The number of allylic oxidation sites excluding steroid dienone is 2. The highest BCUT2D eigenvalue weighted by Gasteiger charge is 2.28. The standard InChI is InChI=1S/C14H16O/c1-2-11-9-6-10-13(15)14(11)12-7-4-3-5-8-12/h3-9,11,14H,2,10H2,1H3/t11-,14?/m1/s1. The van der Waals surface area contributed by atoms with Crippen LogP contribution in [0.3, 0.4) is 0 Å². The second-order valence-corrected chi connectivity index (χ2v) is 4.06. The molecule has 1 unspecified atom stereocenters. The summed E-state index contributed by atoms with van der Waals surface area (Å²) in [6, 6.07) is 10.1. The Hall–Kier alpha value is -1.37. The highest BCUT2D eigenvalue weighted by Crippen LogP contribution is 2.33. The first-order valence-corrected chi connectivity index (χ1v) is 5.57. The minimum absolute atomic E-state index is 0.0844. The SMILES string of the molecule is CC[C@@H]1C=CCC(=O)C1c1ccccc1. The molecule has 15 heavy (non-hydrogen) atoms. The van der Waals surface area contributed by atoms with Gasteiger partial charge >= 0.3 is 0 Å². The molecule has 1 aliphatic rings. The molecule has 2 rings (SSSR count). The van der Waals surface area contributed by atoms with Gasteiger partial charge in [-0.2, -0.15) is 0 Å². The number of carbonyl (C=O) groups is 1. The van der Waals surface area contributed by atoms with Gasteiger partial charge in [-0.1, -0.05) is 49.4 Å². The summed E-state index contributed by atoms with van der Waals surface area (Å²) in [6.07, 6.45) is 5.83. The molecule has 2 atom stereocenters. The lowest BCUT2D eigenvalue weighted by Gasteiger charge is -2.25. The summed E-state index contributed by atoms with van der Waals surface area (Å²) in [5.74, 6) is 0.824. The van der Waals surface area contributed by atoms with E-state index in [0.29, 0.717) is 18.1 Å². The van der Waals surface area contributed by atoms with E-state index in [1.807, 2.05) is 24.3 Å². The Morgan fingerprint density at radius 2 is 2.00 bits per heavy atom. The summed E-state index contributed by atoms with van der Waals surface area (Å²) in [4.78, 5) is 11.9. The molecular formula is C14H16O. The average molecular weight is 200 g/mol. The number of carbonyl (C=O) groups excluding carboxylic acids is 1. The molecule has 0 fully saturated rings. The van der Waals surface area contributed by atoms with Crippen LogP contribution in [0.25, 0.3) is 0 Å². The maximum absolute atomic E-state index is 11.9. The van der Waals surface area contributed by atoms with Crippen molar-refractivity contribution in [3.8, 4) is 0 Å². The fraction of sp³-hybridized carbons (Fsp3) is 0.357. The lowest BCUT2D eigenvalue weighted by molar-refractivity contribution is -0.120. The maximum atomic E-state index is 11.9. The maximum Gasteiger partial charge on any atom is 0.144 e. The van der Waals surface area contributed by atoms with E-state index in [1.165, 1.54) is 5.56 Å². The molecule has 1 nitrogen and oxygen atoms in total. The van der Waals surface area contributed by atoms with Crippen LogP contribution in [0.4, 0.5) is 0 Å². The first kappa shape index (κ1) is 10.2. The van der Waals surface area contributed by atoms with Crippen LogP contribution in [0, 0.1) is 5.92 Å². The van der Waals surface area contributed by atoms with Gasteiger partial charge in [0.15, 0.2) is 0 Å². The lowest BCUT2D eigenvalue weighted by Crippen LogP contribution is -2.22. The van der Waals surface area contributed by atoms with Crippen molar-refractivity contribution in [3.05, 3.63) is 48.0 Å². The summed E-state index contributed by atoms with van der Waals surface area (Å²) < 4.78 is 0. The van der Waals surface area contributed by atoms with Crippen molar-refractivity contribution in [1.82, 2.24) is 0 Å². The molecule has 0 radical (unpaired) electrons. The van der Waals surface area contributed by atoms with Crippen LogP contribution < -0.4 is 0 Å². The van der Waals surface area contributed by atoms with Gasteiger partial charge in [-0.25, -0.2) is 0 Å². The van der Waals surface area contributed by atoms with Gasteiger partial charge in [0.05, 0.1) is 0 Å². The van der Waals surface area contributed by atoms with E-state index in [2.05, 4.69) is 25.1 Å². The Morgan fingerprint density at radius 3 is 2.67 bits per heavy atom. The number of benzene rings is 1. The third kappa shape index (κ3) is 2.01. The minimum Gasteiger partial charge on any atom is -0.299 e. The van der Waals surface area contributed by atoms with Crippen LogP contribution in [0.1, 0.15) is 31.2 Å². The number of rotatable bonds is 2. The second kappa shape index (κ2) is 4.43. The molecule has 0 aliphatic heterocycles. The van der Waals surface area contributed by atoms with Crippen molar-refractivity contribution in [2.45, 2.75) is 25.7 Å². The Balaban J connectivity index is 2.33. The summed E-state index contributed by atoms with van der Waals surface area (Å²) >= 11 is 0. The molecule has 0 saturated carbocycles. The van der Waals surface area contributed by atoms with Gasteiger partial charge in [0, 0.05) is 12.3 Å². The monoisotopic (exact) mass is 200 g/mol. The first-order chi connectivity index (χ1) is 7.33. The average Bonchev–Trinajstić information content (AvgIpc) is 2.29. The van der Waals surface area contributed by atoms with Crippen LogP contribution in [0.5, 0.6) is 0 Å². The topological polar surface area (TPSA) is 17.1 Å². The molecule has 1 aromatic rings. The zero-order valence-electron chi connectivity index (χ0n) is 9.02. The van der Waals surface area contributed by atoms with E-state index in [4.69, 9.17) is 0 Å². The van der Waals surface area contributed by atoms with Gasteiger partial charge in [-0.15, -0.1) is 0 Å². The molecule has 1 aromatic carbocycles. The predicted octanol–water partition coefficient (Wildman–Crippen LogP) is 3.33. The zero-order chi connectivity index (χ0) is 10.7. The molecule has 78 valence electrons. The predicted molar refractivity (Wildman–Crippen MR) is 61.7 cm³/mol. The van der Waals surface area contributed by atoms with Crippen molar-refractivity contribution >= 4 is 5.78 Å². The molecule has 1 heteroatoms. The van der Waals surface area contributed by atoms with Crippen molar-refractivity contribution in [2.75, 3.05) is 0 Å². The summed E-state index contributed by atoms with van der Waals surface area (Å²) in [7, 11) is 0. The van der Waals surface area contributed by atoms with Gasteiger partial charge in [-0.05, 0) is 17.9 Å². The number of Topliss-reactive ketones (excluding diaryl/α,β-unsaturated/α-hetero) is 1. The van der Waals surface area contributed by atoms with Crippen molar-refractivity contribution < 1.29 is 4.79 Å². The van der Waals surface area contributed by atoms with Gasteiger partial charge in [0.1, 0.15) is 5.78 Å². The third-order valence-corrected chi connectivity index (χ3v) is 3.11. The Morgan fingerprint density at radius 1 is 1.27 bits per heavy atom. The molecule has 0 aromatic heterocycles. The van der Waals surface area contributed by atoms with Crippen molar-refractivity contribution in [2.24, 2.45) is 5.92 Å². The van der Waals surface area contributed by atoms with E-state index in [9.17, 15) is 4.79 Å². The number of hydrogen-bond acceptors (Lipinski definition) is 1. The van der Waals surface area contributed by atoms with Crippen LogP contribution in [0.15, 0.2) is 42.5 Å². The molecule has 0 spiro atoms. The molecule has 0 N–H and O–H groups in total. The highest BCUT2D eigenvalue weighted by molar-refractivity contribution is 5.88. The van der Waals surface area contributed by atoms with E-state index in [1.54, 1.807) is 0 Å². The van der Waals surface area contributed by atoms with Crippen LogP contribution in [-0.2, 0) is 4.79 Å². The summed E-state index contributed by atoms with van der Waals surface area (Å²) in [6.45, 7) is 2.14. The quantitative estimate of drug-likeness (QED) is 0.669. The van der Waals surface area contributed by atoms with Gasteiger partial charge in [0.25, 0.3) is 0 Å². The lowest BCUT2D eigenvalue weighted by atomic mass is 9.77. The van der Waals surface area contributed by atoms with E-state index >= 15 is 0 Å². The molecule has 0 saturated heterocycles. The highest BCUT2D eigenvalue weighted by atomic mass is 16.1. The Labute approximate surface area is 90.8 Å². The van der Waals surface area contributed by atoms with E-state index < -0.39 is 0 Å². The fourth-order valence-electron chi connectivity index (χ4n) is 2.30. The van der Waals surface area contributed by atoms with Crippen LogP contribution in [0.2, 0.25) is 0 Å². The third-order valence-electron chi connectivity index (χ3n) is 3.11. The van der Waals surface area contributed by atoms with Gasteiger partial charge < -0.3 is 0 Å². The summed E-state index contributed by atoms with van der Waals surface area (Å²) in [5.41, 5.74) is 1.17. The molecule has 0 heterocycles. The fourth-order valence-corrected chi connectivity index (χ4v) is 2.30. The normalized spacial score (nSPS) is 25.5. The molecule has 0 bridgehead atoms. The largest absolute Gasteiger partial charge is 0.299 e. The Bertz CT molecular complexity index is 364. The number of ketones is 1. The van der Waals surface area contributed by atoms with Crippen LogP contribution >= 0.6 is 0 Å². The number of hydrogen-bond donors (Lipinski definition) is 0. The van der Waals surface area contributed by atoms with E-state index in [-0.39, 0.29) is 5.92 Å². The van der Waals surface area contributed by atoms with Crippen molar-refractivity contribution in [3.63, 3.8) is 0 Å². The molecule has 1 aliphatic carbocycles. The smallest absolute Gasteiger partial charge is 0.144 e. The van der Waals surface area contributed by atoms with Crippen molar-refractivity contribution in [1.29, 1.82) is 0 Å². The van der Waals surface area contributed by atoms with Crippen LogP contribution in [-0.4, -0.2) is 5.78 Å². The van der Waals surface area contributed by atoms with Gasteiger partial charge in [-0.3, -0.25) is 4.79 Å². The molecule has 0 amide bonds. The molecular weight excluding hydrogens is 184 g/mol.